The molecular formula is C26H27N5O2. The van der Waals surface area contributed by atoms with Crippen LogP contribution in [0, 0.1) is 25.2 Å². The maximum Gasteiger partial charge on any atom is 0.258 e. The molecule has 1 aliphatic heterocycles. The molecule has 2 aromatic carbocycles. The van der Waals surface area contributed by atoms with Crippen LogP contribution in [0.5, 0.6) is 0 Å². The maximum absolute atomic E-state index is 12.9. The van der Waals surface area contributed by atoms with Crippen molar-refractivity contribution in [3.8, 4) is 6.07 Å². The van der Waals surface area contributed by atoms with Crippen molar-refractivity contribution in [1.29, 1.82) is 5.26 Å². The fourth-order valence-electron chi connectivity index (χ4n) is 4.33. The Hall–Kier alpha value is -3.92. The third kappa shape index (κ3) is 4.80. The van der Waals surface area contributed by atoms with Gasteiger partial charge in [0.2, 0.25) is 5.91 Å². The first-order chi connectivity index (χ1) is 16.0. The van der Waals surface area contributed by atoms with Gasteiger partial charge in [-0.1, -0.05) is 18.2 Å². The van der Waals surface area contributed by atoms with Crippen LogP contribution < -0.4 is 10.2 Å². The Balaban J connectivity index is 1.34. The van der Waals surface area contributed by atoms with E-state index >= 15 is 0 Å². The molecule has 1 aromatic heterocycles. The van der Waals surface area contributed by atoms with Gasteiger partial charge in [-0.15, -0.1) is 0 Å². The summed E-state index contributed by atoms with van der Waals surface area (Å²) in [5, 5.41) is 16.2. The zero-order valence-corrected chi connectivity index (χ0v) is 19.0. The van der Waals surface area contributed by atoms with Gasteiger partial charge in [0.25, 0.3) is 5.91 Å². The van der Waals surface area contributed by atoms with Gasteiger partial charge in [-0.05, 0) is 68.1 Å². The highest BCUT2D eigenvalue weighted by Crippen LogP contribution is 2.29. The number of nitrogens with zero attached hydrogens (tertiary/aromatic N) is 4. The minimum atomic E-state index is -0.0916. The van der Waals surface area contributed by atoms with Crippen molar-refractivity contribution >= 4 is 23.2 Å². The lowest BCUT2D eigenvalue weighted by atomic mass is 10.1. The van der Waals surface area contributed by atoms with Gasteiger partial charge in [0.1, 0.15) is 0 Å². The number of aromatic nitrogens is 2. The van der Waals surface area contributed by atoms with E-state index in [1.54, 1.807) is 24.3 Å². The van der Waals surface area contributed by atoms with Crippen molar-refractivity contribution in [2.24, 2.45) is 0 Å². The third-order valence-corrected chi connectivity index (χ3v) is 6.12. The summed E-state index contributed by atoms with van der Waals surface area (Å²) in [6, 6.07) is 17.2. The molecule has 1 N–H and O–H groups in total. The number of anilines is 2. The van der Waals surface area contributed by atoms with E-state index in [2.05, 4.69) is 22.6 Å². The molecule has 0 fully saturated rings. The number of amides is 2. The van der Waals surface area contributed by atoms with Gasteiger partial charge in [0.05, 0.1) is 24.7 Å². The Morgan fingerprint density at radius 3 is 2.64 bits per heavy atom. The van der Waals surface area contributed by atoms with Gasteiger partial charge in [0.15, 0.2) is 0 Å². The Labute approximate surface area is 193 Å². The first kappa shape index (κ1) is 22.3. The van der Waals surface area contributed by atoms with Crippen LogP contribution in [0.3, 0.4) is 0 Å². The average molecular weight is 442 g/mol. The molecule has 0 unspecified atom stereocenters. The van der Waals surface area contributed by atoms with Crippen LogP contribution in [0.2, 0.25) is 0 Å². The number of hydrogen-bond donors (Lipinski definition) is 1. The van der Waals surface area contributed by atoms with Crippen LogP contribution >= 0.6 is 0 Å². The molecular weight excluding hydrogens is 414 g/mol. The number of nitrogens with one attached hydrogen (secondary N) is 1. The number of para-hydroxylation sites is 1. The lowest BCUT2D eigenvalue weighted by Crippen LogP contribution is -2.28. The number of benzene rings is 2. The van der Waals surface area contributed by atoms with E-state index in [1.165, 1.54) is 5.56 Å². The fourth-order valence-corrected chi connectivity index (χ4v) is 4.33. The molecule has 4 rings (SSSR count). The summed E-state index contributed by atoms with van der Waals surface area (Å²) in [5.41, 5.74) is 6.37. The molecule has 0 aliphatic carbocycles. The first-order valence-corrected chi connectivity index (χ1v) is 11.2. The van der Waals surface area contributed by atoms with E-state index in [1.807, 2.05) is 41.6 Å². The summed E-state index contributed by atoms with van der Waals surface area (Å²) in [4.78, 5) is 27.3. The van der Waals surface area contributed by atoms with Crippen LogP contribution in [0.25, 0.3) is 0 Å². The summed E-state index contributed by atoms with van der Waals surface area (Å²) in [6.07, 6.45) is 2.19. The Morgan fingerprint density at radius 2 is 1.88 bits per heavy atom. The quantitative estimate of drug-likeness (QED) is 0.595. The molecule has 3 aromatic rings. The summed E-state index contributed by atoms with van der Waals surface area (Å²) in [7, 11) is 0. The SMILES string of the molecule is Cc1nn(CCC#N)c(C)c1CCC(=O)Nc1ccc(C(=O)N2CCc3ccccc32)cc1. The second-order valence-corrected chi connectivity index (χ2v) is 8.24. The molecule has 0 radical (unpaired) electrons. The molecule has 33 heavy (non-hydrogen) atoms. The smallest absolute Gasteiger partial charge is 0.258 e. The van der Waals surface area contributed by atoms with Gasteiger partial charge in [-0.2, -0.15) is 10.4 Å². The monoisotopic (exact) mass is 441 g/mol. The number of aryl methyl sites for hydroxylation is 2. The Morgan fingerprint density at radius 1 is 1.12 bits per heavy atom. The van der Waals surface area contributed by atoms with E-state index in [0.717, 1.165) is 29.1 Å². The predicted octanol–water partition coefficient (Wildman–Crippen LogP) is 4.19. The normalized spacial score (nSPS) is 12.3. The second-order valence-electron chi connectivity index (χ2n) is 8.24. The topological polar surface area (TPSA) is 91.0 Å². The molecule has 0 bridgehead atoms. The molecule has 168 valence electrons. The molecule has 2 amide bonds. The van der Waals surface area contributed by atoms with Crippen LogP contribution in [0.4, 0.5) is 11.4 Å². The highest BCUT2D eigenvalue weighted by atomic mass is 16.2. The van der Waals surface area contributed by atoms with E-state index in [0.29, 0.717) is 43.6 Å². The number of rotatable bonds is 7. The zero-order chi connectivity index (χ0) is 23.4. The van der Waals surface area contributed by atoms with Gasteiger partial charge in [0, 0.05) is 35.6 Å². The van der Waals surface area contributed by atoms with E-state index in [9.17, 15) is 9.59 Å². The van der Waals surface area contributed by atoms with Gasteiger partial charge in [-0.3, -0.25) is 14.3 Å². The lowest BCUT2D eigenvalue weighted by Gasteiger charge is -2.17. The van der Waals surface area contributed by atoms with Crippen LogP contribution in [-0.4, -0.2) is 28.1 Å². The van der Waals surface area contributed by atoms with Crippen molar-refractivity contribution in [2.75, 3.05) is 16.8 Å². The molecule has 1 aliphatic rings. The van der Waals surface area contributed by atoms with E-state index < -0.39 is 0 Å². The third-order valence-electron chi connectivity index (χ3n) is 6.12. The van der Waals surface area contributed by atoms with Gasteiger partial charge < -0.3 is 10.2 Å². The Bertz CT molecular complexity index is 1220. The molecule has 0 saturated carbocycles. The number of fused-ring (bicyclic) bond motifs is 1. The molecule has 7 nitrogen and oxygen atoms in total. The predicted molar refractivity (Wildman–Crippen MR) is 127 cm³/mol. The zero-order valence-electron chi connectivity index (χ0n) is 19.0. The average Bonchev–Trinajstić information content (AvgIpc) is 3.37. The number of carbonyl (C=O) groups is 2. The molecule has 0 spiro atoms. The second kappa shape index (κ2) is 9.70. The van der Waals surface area contributed by atoms with Crippen molar-refractivity contribution < 1.29 is 9.59 Å². The van der Waals surface area contributed by atoms with Crippen molar-refractivity contribution in [3.05, 3.63) is 76.6 Å². The first-order valence-electron chi connectivity index (χ1n) is 11.2. The maximum atomic E-state index is 12.9. The van der Waals surface area contributed by atoms with E-state index in [-0.39, 0.29) is 11.8 Å². The van der Waals surface area contributed by atoms with Gasteiger partial charge >= 0.3 is 0 Å². The number of hydrogen-bond acceptors (Lipinski definition) is 4. The van der Waals surface area contributed by atoms with Crippen molar-refractivity contribution in [1.82, 2.24) is 9.78 Å². The van der Waals surface area contributed by atoms with Crippen LogP contribution in [0.15, 0.2) is 48.5 Å². The van der Waals surface area contributed by atoms with Crippen LogP contribution in [0.1, 0.15) is 45.7 Å². The van der Waals surface area contributed by atoms with E-state index in [4.69, 9.17) is 5.26 Å². The minimum Gasteiger partial charge on any atom is -0.326 e. The summed E-state index contributed by atoms with van der Waals surface area (Å²) in [6.45, 7) is 5.14. The van der Waals surface area contributed by atoms with Crippen molar-refractivity contribution in [3.63, 3.8) is 0 Å². The summed E-state index contributed by atoms with van der Waals surface area (Å²) >= 11 is 0. The highest BCUT2D eigenvalue weighted by molar-refractivity contribution is 6.07. The van der Waals surface area contributed by atoms with Crippen molar-refractivity contribution in [2.45, 2.75) is 46.1 Å². The molecule has 0 atom stereocenters. The number of nitriles is 1. The van der Waals surface area contributed by atoms with Gasteiger partial charge in [-0.25, -0.2) is 0 Å². The minimum absolute atomic E-state index is 0.0304. The largest absolute Gasteiger partial charge is 0.326 e. The summed E-state index contributed by atoms with van der Waals surface area (Å²) < 4.78 is 1.83. The summed E-state index contributed by atoms with van der Waals surface area (Å²) in [5.74, 6) is -0.122. The fraction of sp³-hybridized carbons (Fsp3) is 0.308. The number of carbonyl (C=O) groups excluding carboxylic acids is 2. The molecule has 2 heterocycles. The standard InChI is InChI=1S/C26H27N5O2/c1-18-23(19(2)31(29-18)16-5-15-27)12-13-25(32)28-22-10-8-21(9-11-22)26(33)30-17-14-20-6-3-4-7-24(20)30/h3-4,6-11H,5,12-14,16-17H2,1-2H3,(H,28,32). The highest BCUT2D eigenvalue weighted by Gasteiger charge is 2.25. The van der Waals surface area contributed by atoms with Crippen LogP contribution in [-0.2, 0) is 24.2 Å². The lowest BCUT2D eigenvalue weighted by molar-refractivity contribution is -0.116. The Kier molecular flexibility index (Phi) is 6.55. The molecule has 0 saturated heterocycles. The molecule has 7 heteroatoms.